The molecule has 2 rings (SSSR count). The van der Waals surface area contributed by atoms with Crippen LogP contribution in [0.4, 0.5) is 0 Å². The summed E-state index contributed by atoms with van der Waals surface area (Å²) in [7, 11) is 0. The van der Waals surface area contributed by atoms with E-state index >= 15 is 0 Å². The maximum Gasteiger partial charge on any atom is 0.254 e. The molecule has 0 atom stereocenters. The third-order valence-electron chi connectivity index (χ3n) is 4.29. The number of benzene rings is 1. The second-order valence-electron chi connectivity index (χ2n) is 5.76. The predicted octanol–water partition coefficient (Wildman–Crippen LogP) is 1.90. The number of amides is 1. The molecule has 1 fully saturated rings. The molecular weight excluding hydrogens is 240 g/mol. The maximum absolute atomic E-state index is 12.5. The van der Waals surface area contributed by atoms with Gasteiger partial charge < -0.3 is 15.7 Å². The summed E-state index contributed by atoms with van der Waals surface area (Å²) < 4.78 is 0. The number of hydrogen-bond acceptors (Lipinski definition) is 3. The minimum atomic E-state index is 0.00692. The molecule has 0 saturated carbocycles. The van der Waals surface area contributed by atoms with E-state index in [4.69, 9.17) is 5.73 Å². The van der Waals surface area contributed by atoms with Crippen LogP contribution in [0.25, 0.3) is 0 Å². The Morgan fingerprint density at radius 1 is 1.42 bits per heavy atom. The minimum absolute atomic E-state index is 0.00692. The largest absolute Gasteiger partial charge is 0.508 e. The van der Waals surface area contributed by atoms with Gasteiger partial charge in [-0.15, -0.1) is 0 Å². The zero-order valence-corrected chi connectivity index (χ0v) is 11.6. The lowest BCUT2D eigenvalue weighted by Gasteiger charge is -2.38. The number of phenols is 1. The van der Waals surface area contributed by atoms with Gasteiger partial charge in [-0.25, -0.2) is 0 Å². The first-order chi connectivity index (χ1) is 8.97. The third-order valence-corrected chi connectivity index (χ3v) is 4.29. The van der Waals surface area contributed by atoms with Gasteiger partial charge >= 0.3 is 0 Å². The van der Waals surface area contributed by atoms with Crippen LogP contribution in [-0.4, -0.2) is 35.5 Å². The highest BCUT2D eigenvalue weighted by atomic mass is 16.3. The highest BCUT2D eigenvalue weighted by molar-refractivity contribution is 5.96. The summed E-state index contributed by atoms with van der Waals surface area (Å²) in [6, 6.07) is 5.09. The normalized spacial score (nSPS) is 18.4. The van der Waals surface area contributed by atoms with Gasteiger partial charge in [0.25, 0.3) is 5.91 Å². The van der Waals surface area contributed by atoms with Crippen molar-refractivity contribution in [1.82, 2.24) is 4.90 Å². The first-order valence-corrected chi connectivity index (χ1v) is 6.75. The Bertz CT molecular complexity index is 477. The predicted molar refractivity (Wildman–Crippen MR) is 75.1 cm³/mol. The molecule has 0 aromatic heterocycles. The van der Waals surface area contributed by atoms with Gasteiger partial charge in [-0.1, -0.05) is 13.0 Å². The van der Waals surface area contributed by atoms with Crippen LogP contribution in [0, 0.1) is 12.3 Å². The van der Waals surface area contributed by atoms with Crippen molar-refractivity contribution >= 4 is 5.91 Å². The Hall–Kier alpha value is -1.55. The van der Waals surface area contributed by atoms with Crippen molar-refractivity contribution in [3.05, 3.63) is 29.3 Å². The molecule has 1 aromatic rings. The van der Waals surface area contributed by atoms with Crippen LogP contribution >= 0.6 is 0 Å². The van der Waals surface area contributed by atoms with E-state index in [0.717, 1.165) is 25.9 Å². The Morgan fingerprint density at radius 3 is 2.63 bits per heavy atom. The summed E-state index contributed by atoms with van der Waals surface area (Å²) in [4.78, 5) is 14.3. The molecule has 0 bridgehead atoms. The van der Waals surface area contributed by atoms with Crippen molar-refractivity contribution in [2.24, 2.45) is 11.1 Å². The Kier molecular flexibility index (Phi) is 3.80. The van der Waals surface area contributed by atoms with Crippen LogP contribution in [0.2, 0.25) is 0 Å². The van der Waals surface area contributed by atoms with E-state index < -0.39 is 0 Å². The Balaban J connectivity index is 2.12. The van der Waals surface area contributed by atoms with Gasteiger partial charge in [-0.05, 0) is 43.9 Å². The number of likely N-dealkylation sites (tertiary alicyclic amines) is 1. The summed E-state index contributed by atoms with van der Waals surface area (Å²) in [6.45, 7) is 6.09. The molecule has 4 heteroatoms. The lowest BCUT2D eigenvalue weighted by atomic mass is 9.80. The van der Waals surface area contributed by atoms with E-state index in [1.165, 1.54) is 0 Å². The van der Waals surface area contributed by atoms with Gasteiger partial charge in [-0.2, -0.15) is 0 Å². The highest BCUT2D eigenvalue weighted by Gasteiger charge is 2.31. The van der Waals surface area contributed by atoms with Crippen molar-refractivity contribution in [3.8, 4) is 5.75 Å². The molecule has 0 radical (unpaired) electrons. The van der Waals surface area contributed by atoms with Crippen LogP contribution in [0.3, 0.4) is 0 Å². The Labute approximate surface area is 114 Å². The van der Waals surface area contributed by atoms with Crippen LogP contribution < -0.4 is 5.73 Å². The topological polar surface area (TPSA) is 66.6 Å². The van der Waals surface area contributed by atoms with Crippen molar-refractivity contribution in [2.75, 3.05) is 19.6 Å². The van der Waals surface area contributed by atoms with Crippen molar-refractivity contribution in [3.63, 3.8) is 0 Å². The molecular formula is C15H22N2O2. The molecule has 1 aliphatic rings. The summed E-state index contributed by atoms with van der Waals surface area (Å²) in [5, 5.41) is 9.68. The van der Waals surface area contributed by atoms with E-state index in [-0.39, 0.29) is 17.1 Å². The molecule has 1 aromatic carbocycles. The number of nitrogens with two attached hydrogens (primary N) is 1. The number of piperidine rings is 1. The number of carbonyl (C=O) groups excluding carboxylic acids is 1. The highest BCUT2D eigenvalue weighted by Crippen LogP contribution is 2.30. The second kappa shape index (κ2) is 5.21. The van der Waals surface area contributed by atoms with Crippen LogP contribution in [-0.2, 0) is 0 Å². The van der Waals surface area contributed by atoms with Crippen molar-refractivity contribution in [1.29, 1.82) is 0 Å². The van der Waals surface area contributed by atoms with Gasteiger partial charge in [0.2, 0.25) is 0 Å². The average molecular weight is 262 g/mol. The fraction of sp³-hybridized carbons (Fsp3) is 0.533. The zero-order valence-electron chi connectivity index (χ0n) is 11.6. The molecule has 0 aliphatic carbocycles. The standard InChI is InChI=1S/C15H22N2O2/c1-11-12(4-3-5-13(11)18)14(19)17-8-6-15(2,10-16)7-9-17/h3-5,18H,6-10,16H2,1-2H3. The molecule has 104 valence electrons. The molecule has 1 heterocycles. The van der Waals surface area contributed by atoms with Gasteiger partial charge in [0.1, 0.15) is 5.75 Å². The summed E-state index contributed by atoms with van der Waals surface area (Å²) >= 11 is 0. The van der Waals surface area contributed by atoms with Gasteiger partial charge in [0, 0.05) is 24.2 Å². The molecule has 19 heavy (non-hydrogen) atoms. The molecule has 3 N–H and O–H groups in total. The zero-order chi connectivity index (χ0) is 14.0. The number of carbonyl (C=O) groups is 1. The number of hydrogen-bond donors (Lipinski definition) is 2. The van der Waals surface area contributed by atoms with E-state index in [1.807, 2.05) is 4.90 Å². The van der Waals surface area contributed by atoms with Gasteiger partial charge in [0.05, 0.1) is 0 Å². The van der Waals surface area contributed by atoms with Gasteiger partial charge in [0.15, 0.2) is 0 Å². The molecule has 0 spiro atoms. The lowest BCUT2D eigenvalue weighted by Crippen LogP contribution is -2.44. The maximum atomic E-state index is 12.5. The quantitative estimate of drug-likeness (QED) is 0.855. The first-order valence-electron chi connectivity index (χ1n) is 6.75. The summed E-state index contributed by atoms with van der Waals surface area (Å²) in [6.07, 6.45) is 1.88. The third kappa shape index (κ3) is 2.73. The van der Waals surface area contributed by atoms with Crippen molar-refractivity contribution < 1.29 is 9.90 Å². The van der Waals surface area contributed by atoms with Crippen molar-refractivity contribution in [2.45, 2.75) is 26.7 Å². The molecule has 1 aliphatic heterocycles. The SMILES string of the molecule is Cc1c(O)cccc1C(=O)N1CCC(C)(CN)CC1. The fourth-order valence-corrected chi connectivity index (χ4v) is 2.48. The molecule has 4 nitrogen and oxygen atoms in total. The molecule has 0 unspecified atom stereocenters. The Morgan fingerprint density at radius 2 is 2.05 bits per heavy atom. The number of nitrogens with zero attached hydrogens (tertiary/aromatic N) is 1. The van der Waals surface area contributed by atoms with E-state index in [9.17, 15) is 9.90 Å². The van der Waals surface area contributed by atoms with E-state index in [2.05, 4.69) is 6.92 Å². The summed E-state index contributed by atoms with van der Waals surface area (Å²) in [5.74, 6) is 0.183. The lowest BCUT2D eigenvalue weighted by molar-refractivity contribution is 0.0616. The van der Waals surface area contributed by atoms with E-state index in [0.29, 0.717) is 17.7 Å². The van der Waals surface area contributed by atoms with Gasteiger partial charge in [-0.3, -0.25) is 4.79 Å². The average Bonchev–Trinajstić information content (AvgIpc) is 2.42. The summed E-state index contributed by atoms with van der Waals surface area (Å²) in [5.41, 5.74) is 7.18. The van der Waals surface area contributed by atoms with E-state index in [1.54, 1.807) is 25.1 Å². The monoisotopic (exact) mass is 262 g/mol. The molecule has 1 saturated heterocycles. The minimum Gasteiger partial charge on any atom is -0.508 e. The first kappa shape index (κ1) is 13.9. The number of phenolic OH excluding ortho intramolecular Hbond substituents is 1. The molecule has 1 amide bonds. The number of rotatable bonds is 2. The second-order valence-corrected chi connectivity index (χ2v) is 5.76. The van der Waals surface area contributed by atoms with Crippen LogP contribution in [0.5, 0.6) is 5.75 Å². The smallest absolute Gasteiger partial charge is 0.254 e. The fourth-order valence-electron chi connectivity index (χ4n) is 2.48. The number of aromatic hydroxyl groups is 1. The van der Waals surface area contributed by atoms with Crippen LogP contribution in [0.1, 0.15) is 35.7 Å². The van der Waals surface area contributed by atoms with Crippen LogP contribution in [0.15, 0.2) is 18.2 Å².